The molecule has 0 fully saturated rings. The van der Waals surface area contributed by atoms with Gasteiger partial charge in [-0.25, -0.2) is 0 Å². The quantitative estimate of drug-likeness (QED) is 0.914. The number of likely N-dealkylation sites (N-methyl/N-ethyl adjacent to an activating group) is 1. The molecule has 0 radical (unpaired) electrons. The van der Waals surface area contributed by atoms with Crippen LogP contribution in [0.5, 0.6) is 0 Å². The molecule has 1 aromatic carbocycles. The van der Waals surface area contributed by atoms with E-state index in [1.54, 1.807) is 0 Å². The highest BCUT2D eigenvalue weighted by atomic mass is 79.9. The zero-order chi connectivity index (χ0) is 13.8. The van der Waals surface area contributed by atoms with Crippen LogP contribution in [0.1, 0.15) is 29.8 Å². The number of nitrogens with one attached hydrogen (secondary N) is 1. The van der Waals surface area contributed by atoms with Crippen molar-refractivity contribution in [3.05, 3.63) is 51.8 Å². The highest BCUT2D eigenvalue weighted by Crippen LogP contribution is 2.28. The Bertz CT molecular complexity index is 548. The molecule has 1 aromatic heterocycles. The highest BCUT2D eigenvalue weighted by molar-refractivity contribution is 9.10. The molecule has 0 aliphatic rings. The van der Waals surface area contributed by atoms with E-state index < -0.39 is 0 Å². The summed E-state index contributed by atoms with van der Waals surface area (Å²) in [6.07, 6.45) is 2.89. The van der Waals surface area contributed by atoms with Crippen molar-refractivity contribution in [2.75, 3.05) is 6.54 Å². The van der Waals surface area contributed by atoms with E-state index >= 15 is 0 Å². The van der Waals surface area contributed by atoms with Gasteiger partial charge in [0.15, 0.2) is 0 Å². The number of benzene rings is 1. The van der Waals surface area contributed by atoms with Gasteiger partial charge in [0.1, 0.15) is 0 Å². The van der Waals surface area contributed by atoms with Gasteiger partial charge in [-0.2, -0.15) is 5.10 Å². The van der Waals surface area contributed by atoms with Gasteiger partial charge in [0, 0.05) is 30.2 Å². The molecule has 0 spiro atoms. The Hall–Kier alpha value is -1.13. The second-order valence-electron chi connectivity index (χ2n) is 4.77. The van der Waals surface area contributed by atoms with Crippen LogP contribution in [0.15, 0.2) is 34.9 Å². The molecule has 0 amide bonds. The van der Waals surface area contributed by atoms with Crippen LogP contribution < -0.4 is 5.32 Å². The Labute approximate surface area is 123 Å². The van der Waals surface area contributed by atoms with Gasteiger partial charge in [-0.1, -0.05) is 41.1 Å². The van der Waals surface area contributed by atoms with Crippen LogP contribution in [0.4, 0.5) is 0 Å². The monoisotopic (exact) mass is 321 g/mol. The molecule has 0 saturated carbocycles. The molecule has 4 heteroatoms. The molecular formula is C15H20BrN3. The van der Waals surface area contributed by atoms with Crippen LogP contribution in [0.3, 0.4) is 0 Å². The van der Waals surface area contributed by atoms with Crippen molar-refractivity contribution < 1.29 is 0 Å². The summed E-state index contributed by atoms with van der Waals surface area (Å²) in [5.41, 5.74) is 3.68. The van der Waals surface area contributed by atoms with Gasteiger partial charge in [-0.3, -0.25) is 4.68 Å². The van der Waals surface area contributed by atoms with Gasteiger partial charge in [-0.05, 0) is 30.7 Å². The first kappa shape index (κ1) is 14.3. The molecule has 0 saturated heterocycles. The van der Waals surface area contributed by atoms with E-state index in [1.807, 2.05) is 17.9 Å². The lowest BCUT2D eigenvalue weighted by molar-refractivity contribution is 0.537. The number of aromatic nitrogens is 2. The Morgan fingerprint density at radius 3 is 2.79 bits per heavy atom. The lowest BCUT2D eigenvalue weighted by Gasteiger charge is -2.19. The largest absolute Gasteiger partial charge is 0.310 e. The van der Waals surface area contributed by atoms with Crippen molar-refractivity contribution in [1.29, 1.82) is 0 Å². The van der Waals surface area contributed by atoms with E-state index in [1.165, 1.54) is 15.6 Å². The van der Waals surface area contributed by atoms with Crippen molar-refractivity contribution in [1.82, 2.24) is 15.1 Å². The van der Waals surface area contributed by atoms with Gasteiger partial charge in [0.05, 0.1) is 5.69 Å². The second-order valence-corrected chi connectivity index (χ2v) is 5.57. The Morgan fingerprint density at radius 1 is 1.37 bits per heavy atom. The molecule has 0 bridgehead atoms. The first-order chi connectivity index (χ1) is 9.11. The van der Waals surface area contributed by atoms with Gasteiger partial charge >= 0.3 is 0 Å². The van der Waals surface area contributed by atoms with Crippen LogP contribution >= 0.6 is 15.9 Å². The third-order valence-electron chi connectivity index (χ3n) is 3.23. The number of hydrogen-bond acceptors (Lipinski definition) is 2. The molecule has 2 rings (SSSR count). The maximum Gasteiger partial charge on any atom is 0.0643 e. The fourth-order valence-corrected chi connectivity index (χ4v) is 2.80. The standard InChI is InChI=1S/C15H20BrN3/c1-4-17-14(10-12-8-9-19(3)18-12)13-7-5-6-11(2)15(13)16/h5-9,14,17H,4,10H2,1-3H3. The first-order valence-electron chi connectivity index (χ1n) is 6.58. The van der Waals surface area contributed by atoms with Crippen LogP contribution in [0.2, 0.25) is 0 Å². The molecule has 102 valence electrons. The molecule has 19 heavy (non-hydrogen) atoms. The zero-order valence-corrected chi connectivity index (χ0v) is 13.2. The van der Waals surface area contributed by atoms with E-state index in [-0.39, 0.29) is 6.04 Å². The lowest BCUT2D eigenvalue weighted by Crippen LogP contribution is -2.23. The summed E-state index contributed by atoms with van der Waals surface area (Å²) < 4.78 is 3.04. The predicted molar refractivity (Wildman–Crippen MR) is 82.2 cm³/mol. The highest BCUT2D eigenvalue weighted by Gasteiger charge is 2.16. The summed E-state index contributed by atoms with van der Waals surface area (Å²) in [5, 5.41) is 8.02. The SMILES string of the molecule is CCNC(Cc1ccn(C)n1)c1cccc(C)c1Br. The van der Waals surface area contributed by atoms with Crippen LogP contribution in [-0.4, -0.2) is 16.3 Å². The van der Waals surface area contributed by atoms with E-state index in [4.69, 9.17) is 0 Å². The van der Waals surface area contributed by atoms with Crippen molar-refractivity contribution in [2.45, 2.75) is 26.3 Å². The number of hydrogen-bond donors (Lipinski definition) is 1. The van der Waals surface area contributed by atoms with Crippen molar-refractivity contribution in [2.24, 2.45) is 7.05 Å². The van der Waals surface area contributed by atoms with Gasteiger partial charge in [0.2, 0.25) is 0 Å². The van der Waals surface area contributed by atoms with E-state index in [9.17, 15) is 0 Å². The van der Waals surface area contributed by atoms with Gasteiger partial charge in [0.25, 0.3) is 0 Å². The molecule has 1 atom stereocenters. The topological polar surface area (TPSA) is 29.9 Å². The van der Waals surface area contributed by atoms with Crippen molar-refractivity contribution in [3.8, 4) is 0 Å². The third-order valence-corrected chi connectivity index (χ3v) is 4.31. The molecule has 1 unspecified atom stereocenters. The minimum Gasteiger partial charge on any atom is -0.310 e. The van der Waals surface area contributed by atoms with Gasteiger partial charge in [-0.15, -0.1) is 0 Å². The molecule has 1 heterocycles. The summed E-state index contributed by atoms with van der Waals surface area (Å²) in [7, 11) is 1.95. The van der Waals surface area contributed by atoms with Crippen LogP contribution in [0.25, 0.3) is 0 Å². The lowest BCUT2D eigenvalue weighted by atomic mass is 10.00. The normalized spacial score (nSPS) is 12.6. The molecule has 2 aromatic rings. The Kier molecular flexibility index (Phi) is 4.77. The summed E-state index contributed by atoms with van der Waals surface area (Å²) in [4.78, 5) is 0. The molecule has 0 aliphatic carbocycles. The maximum absolute atomic E-state index is 4.47. The second kappa shape index (κ2) is 6.35. The minimum absolute atomic E-state index is 0.286. The zero-order valence-electron chi connectivity index (χ0n) is 11.7. The Balaban J connectivity index is 2.26. The molecule has 3 nitrogen and oxygen atoms in total. The fourth-order valence-electron chi connectivity index (χ4n) is 2.26. The van der Waals surface area contributed by atoms with Crippen molar-refractivity contribution >= 4 is 15.9 Å². The average molecular weight is 322 g/mol. The van der Waals surface area contributed by atoms with Gasteiger partial charge < -0.3 is 5.32 Å². The fraction of sp³-hybridized carbons (Fsp3) is 0.400. The first-order valence-corrected chi connectivity index (χ1v) is 7.38. The van der Waals surface area contributed by atoms with Crippen molar-refractivity contribution in [3.63, 3.8) is 0 Å². The smallest absolute Gasteiger partial charge is 0.0643 e. The number of aryl methyl sites for hydroxylation is 2. The molecule has 1 N–H and O–H groups in total. The summed E-state index contributed by atoms with van der Waals surface area (Å²) in [6.45, 7) is 5.20. The third kappa shape index (κ3) is 3.45. The summed E-state index contributed by atoms with van der Waals surface area (Å²) in [5.74, 6) is 0. The van der Waals surface area contributed by atoms with E-state index in [0.29, 0.717) is 0 Å². The number of rotatable bonds is 5. The minimum atomic E-state index is 0.286. The van der Waals surface area contributed by atoms with E-state index in [2.05, 4.69) is 64.5 Å². The van der Waals surface area contributed by atoms with Crippen LogP contribution in [0, 0.1) is 6.92 Å². The van der Waals surface area contributed by atoms with Crippen LogP contribution in [-0.2, 0) is 13.5 Å². The van der Waals surface area contributed by atoms with E-state index in [0.717, 1.165) is 18.7 Å². The summed E-state index contributed by atoms with van der Waals surface area (Å²) >= 11 is 3.70. The molecule has 0 aliphatic heterocycles. The number of halogens is 1. The Morgan fingerprint density at radius 2 is 2.16 bits per heavy atom. The predicted octanol–water partition coefficient (Wildman–Crippen LogP) is 3.38. The summed E-state index contributed by atoms with van der Waals surface area (Å²) in [6, 6.07) is 8.77. The number of nitrogens with zero attached hydrogens (tertiary/aromatic N) is 2. The average Bonchev–Trinajstić information content (AvgIpc) is 2.78. The molecular weight excluding hydrogens is 302 g/mol. The maximum atomic E-state index is 4.47.